The Morgan fingerprint density at radius 3 is 2.40 bits per heavy atom. The van der Waals surface area contributed by atoms with Gasteiger partial charge < -0.3 is 9.64 Å². The number of likely N-dealkylation sites (N-methyl/N-ethyl adjacent to an activating group) is 1. The van der Waals surface area contributed by atoms with Crippen LogP contribution in [0.4, 0.5) is 8.78 Å². The zero-order chi connectivity index (χ0) is 15.5. The van der Waals surface area contributed by atoms with Gasteiger partial charge in [-0.25, -0.2) is 8.78 Å². The molecule has 0 saturated carbocycles. The molecular weight excluding hydrogens is 264 g/mol. The normalized spacial score (nSPS) is 13.2. The molecule has 5 heteroatoms. The number of rotatable bonds is 4. The van der Waals surface area contributed by atoms with Gasteiger partial charge in [-0.05, 0) is 45.4 Å². The van der Waals surface area contributed by atoms with E-state index in [1.165, 1.54) is 11.0 Å². The summed E-state index contributed by atoms with van der Waals surface area (Å²) in [6.07, 6.45) is 0. The molecule has 0 aliphatic carbocycles. The van der Waals surface area contributed by atoms with Crippen LogP contribution in [-0.4, -0.2) is 30.1 Å². The van der Waals surface area contributed by atoms with Gasteiger partial charge in [0.15, 0.2) is 11.6 Å². The lowest BCUT2D eigenvalue weighted by Gasteiger charge is -2.27. The van der Waals surface area contributed by atoms with Gasteiger partial charge in [0.1, 0.15) is 6.61 Å². The third-order valence-electron chi connectivity index (χ3n) is 3.03. The highest BCUT2D eigenvalue weighted by Crippen LogP contribution is 2.21. The predicted molar refractivity (Wildman–Crippen MR) is 73.2 cm³/mol. The molecule has 0 aliphatic rings. The predicted octanol–water partition coefficient (Wildman–Crippen LogP) is 3.30. The average molecular weight is 285 g/mol. The van der Waals surface area contributed by atoms with E-state index in [4.69, 9.17) is 4.74 Å². The van der Waals surface area contributed by atoms with Crippen molar-refractivity contribution in [1.82, 2.24) is 4.90 Å². The van der Waals surface area contributed by atoms with Crippen LogP contribution in [-0.2, 0) is 9.53 Å². The summed E-state index contributed by atoms with van der Waals surface area (Å²) in [7, 11) is 1.61. The van der Waals surface area contributed by atoms with Gasteiger partial charge in [-0.15, -0.1) is 0 Å². The second-order valence-electron chi connectivity index (χ2n) is 5.76. The number of ether oxygens (including phenoxy) is 1. The molecule has 0 spiro atoms. The van der Waals surface area contributed by atoms with E-state index in [1.807, 2.05) is 20.8 Å². The molecule has 0 aliphatic heterocycles. The first kappa shape index (κ1) is 16.6. The van der Waals surface area contributed by atoms with Gasteiger partial charge in [0.05, 0.1) is 11.6 Å². The monoisotopic (exact) mass is 285 g/mol. The second kappa shape index (κ2) is 6.31. The van der Waals surface area contributed by atoms with Crippen molar-refractivity contribution in [3.05, 3.63) is 35.4 Å². The summed E-state index contributed by atoms with van der Waals surface area (Å²) in [6, 6.07) is 3.28. The zero-order valence-electron chi connectivity index (χ0n) is 12.5. The highest BCUT2D eigenvalue weighted by Gasteiger charge is 2.21. The van der Waals surface area contributed by atoms with E-state index < -0.39 is 17.2 Å². The number of nitrogens with zero attached hydrogens (tertiary/aromatic N) is 1. The maximum Gasteiger partial charge on any atom is 0.248 e. The van der Waals surface area contributed by atoms with Gasteiger partial charge in [0.25, 0.3) is 0 Å². The van der Waals surface area contributed by atoms with Gasteiger partial charge in [-0.2, -0.15) is 0 Å². The first-order valence-corrected chi connectivity index (χ1v) is 6.46. The van der Waals surface area contributed by atoms with Crippen molar-refractivity contribution in [3.63, 3.8) is 0 Å². The molecule has 20 heavy (non-hydrogen) atoms. The summed E-state index contributed by atoms with van der Waals surface area (Å²) in [6.45, 7) is 7.28. The highest BCUT2D eigenvalue weighted by atomic mass is 19.2. The Balaban J connectivity index is 2.72. The smallest absolute Gasteiger partial charge is 0.248 e. The first-order valence-electron chi connectivity index (χ1n) is 6.46. The number of halogens is 2. The number of hydrogen-bond donors (Lipinski definition) is 0. The van der Waals surface area contributed by atoms with Crippen LogP contribution in [0.1, 0.15) is 39.3 Å². The molecule has 1 aromatic carbocycles. The van der Waals surface area contributed by atoms with Gasteiger partial charge in [-0.1, -0.05) is 6.07 Å². The van der Waals surface area contributed by atoms with E-state index in [2.05, 4.69) is 0 Å². The van der Waals surface area contributed by atoms with E-state index in [9.17, 15) is 13.6 Å². The van der Waals surface area contributed by atoms with Gasteiger partial charge in [0, 0.05) is 7.05 Å². The highest BCUT2D eigenvalue weighted by molar-refractivity contribution is 5.77. The molecule has 3 nitrogen and oxygen atoms in total. The van der Waals surface area contributed by atoms with Crippen LogP contribution in [0.15, 0.2) is 18.2 Å². The van der Waals surface area contributed by atoms with E-state index in [-0.39, 0.29) is 18.6 Å². The lowest BCUT2D eigenvalue weighted by molar-refractivity contribution is -0.141. The van der Waals surface area contributed by atoms with Crippen molar-refractivity contribution in [2.45, 2.75) is 39.3 Å². The van der Waals surface area contributed by atoms with Crippen molar-refractivity contribution in [1.29, 1.82) is 0 Å². The summed E-state index contributed by atoms with van der Waals surface area (Å²) < 4.78 is 31.5. The Hall–Kier alpha value is -1.49. The molecule has 1 aromatic rings. The van der Waals surface area contributed by atoms with Crippen LogP contribution in [0.2, 0.25) is 0 Å². The number of benzene rings is 1. The number of amides is 1. The van der Waals surface area contributed by atoms with E-state index in [0.717, 1.165) is 12.1 Å². The Kier molecular flexibility index (Phi) is 5.22. The number of carbonyl (C=O) groups excluding carboxylic acids is 1. The standard InChI is InChI=1S/C15H21F2NO2/c1-10(11-6-7-12(16)13(17)8-11)18(5)14(19)9-20-15(2,3)4/h6-8,10H,9H2,1-5H3. The van der Waals surface area contributed by atoms with Gasteiger partial charge in [0.2, 0.25) is 5.91 Å². The largest absolute Gasteiger partial charge is 0.366 e. The van der Waals surface area contributed by atoms with E-state index in [1.54, 1.807) is 14.0 Å². The van der Waals surface area contributed by atoms with Crippen molar-refractivity contribution >= 4 is 5.91 Å². The molecule has 0 saturated heterocycles. The van der Waals surface area contributed by atoms with Gasteiger partial charge >= 0.3 is 0 Å². The summed E-state index contributed by atoms with van der Waals surface area (Å²) in [4.78, 5) is 13.4. The zero-order valence-corrected chi connectivity index (χ0v) is 12.5. The lowest BCUT2D eigenvalue weighted by Crippen LogP contribution is -2.35. The molecule has 1 atom stereocenters. The molecule has 1 unspecified atom stereocenters. The quantitative estimate of drug-likeness (QED) is 0.849. The molecule has 0 radical (unpaired) electrons. The minimum Gasteiger partial charge on any atom is -0.366 e. The average Bonchev–Trinajstić information content (AvgIpc) is 2.36. The van der Waals surface area contributed by atoms with Crippen LogP contribution in [0.25, 0.3) is 0 Å². The Morgan fingerprint density at radius 1 is 1.30 bits per heavy atom. The Morgan fingerprint density at radius 2 is 1.90 bits per heavy atom. The summed E-state index contributed by atoms with van der Waals surface area (Å²) in [5, 5.41) is 0. The second-order valence-corrected chi connectivity index (χ2v) is 5.76. The van der Waals surface area contributed by atoms with Crippen LogP contribution >= 0.6 is 0 Å². The first-order chi connectivity index (χ1) is 9.11. The summed E-state index contributed by atoms with van der Waals surface area (Å²) in [5.74, 6) is -2.02. The van der Waals surface area contributed by atoms with E-state index in [0.29, 0.717) is 5.56 Å². The van der Waals surface area contributed by atoms with Crippen LogP contribution < -0.4 is 0 Å². The number of carbonyl (C=O) groups is 1. The third kappa shape index (κ3) is 4.56. The Labute approximate surface area is 118 Å². The molecule has 0 heterocycles. The van der Waals surface area contributed by atoms with Crippen molar-refractivity contribution < 1.29 is 18.3 Å². The maximum atomic E-state index is 13.2. The van der Waals surface area contributed by atoms with Crippen molar-refractivity contribution in [3.8, 4) is 0 Å². The molecular formula is C15H21F2NO2. The fourth-order valence-electron chi connectivity index (χ4n) is 1.59. The molecule has 0 aromatic heterocycles. The number of hydrogen-bond acceptors (Lipinski definition) is 2. The summed E-state index contributed by atoms with van der Waals surface area (Å²) >= 11 is 0. The third-order valence-corrected chi connectivity index (χ3v) is 3.03. The topological polar surface area (TPSA) is 29.5 Å². The molecule has 0 fully saturated rings. The molecule has 1 amide bonds. The van der Waals surface area contributed by atoms with Crippen LogP contribution in [0, 0.1) is 11.6 Å². The van der Waals surface area contributed by atoms with Crippen molar-refractivity contribution in [2.75, 3.05) is 13.7 Å². The maximum absolute atomic E-state index is 13.2. The summed E-state index contributed by atoms with van der Waals surface area (Å²) in [5.41, 5.74) is 0.136. The lowest BCUT2D eigenvalue weighted by atomic mass is 10.1. The van der Waals surface area contributed by atoms with Crippen LogP contribution in [0.5, 0.6) is 0 Å². The Bertz CT molecular complexity index is 483. The fraction of sp³-hybridized carbons (Fsp3) is 0.533. The van der Waals surface area contributed by atoms with E-state index >= 15 is 0 Å². The molecule has 1 rings (SSSR count). The van der Waals surface area contributed by atoms with Crippen molar-refractivity contribution in [2.24, 2.45) is 0 Å². The molecule has 0 N–H and O–H groups in total. The SMILES string of the molecule is CC(c1ccc(F)c(F)c1)N(C)C(=O)COC(C)(C)C. The minimum absolute atomic E-state index is 0.0476. The fourth-order valence-corrected chi connectivity index (χ4v) is 1.59. The molecule has 0 bridgehead atoms. The van der Waals surface area contributed by atoms with Crippen LogP contribution in [0.3, 0.4) is 0 Å². The molecule has 112 valence electrons. The minimum atomic E-state index is -0.916. The van der Waals surface area contributed by atoms with Gasteiger partial charge in [-0.3, -0.25) is 4.79 Å².